The Balaban J connectivity index is 3.01. The van der Waals surface area contributed by atoms with Crippen LogP contribution in [0.4, 0.5) is 0 Å². The molecule has 0 unspecified atom stereocenters. The summed E-state index contributed by atoms with van der Waals surface area (Å²) in [7, 11) is 0. The van der Waals surface area contributed by atoms with Crippen LogP contribution in [0.1, 0.15) is 5.69 Å². The van der Waals surface area contributed by atoms with E-state index >= 15 is 0 Å². The molecule has 0 atom stereocenters. The summed E-state index contributed by atoms with van der Waals surface area (Å²) in [5, 5.41) is 17.4. The van der Waals surface area contributed by atoms with Crippen LogP contribution in [0.5, 0.6) is 0 Å². The fourth-order valence-electron chi connectivity index (χ4n) is 0.595. The Morgan fingerprint density at radius 3 is 2.67 bits per heavy atom. The van der Waals surface area contributed by atoms with Crippen molar-refractivity contribution in [2.24, 2.45) is 0 Å². The molecule has 0 saturated carbocycles. The number of hydrogen-bond donors (Lipinski definition) is 2. The van der Waals surface area contributed by atoms with E-state index in [9.17, 15) is 0 Å². The van der Waals surface area contributed by atoms with Crippen molar-refractivity contribution in [2.45, 2.75) is 6.61 Å². The van der Waals surface area contributed by atoms with Gasteiger partial charge in [-0.05, 0) is 6.07 Å². The Hall–Kier alpha value is -1.09. The van der Waals surface area contributed by atoms with Crippen LogP contribution >= 0.6 is 0 Å². The van der Waals surface area contributed by atoms with E-state index in [4.69, 9.17) is 10.3 Å². The van der Waals surface area contributed by atoms with Crippen LogP contribution in [0.15, 0.2) is 24.4 Å². The molecule has 3 heteroatoms. The lowest BCUT2D eigenvalue weighted by Crippen LogP contribution is -2.34. The third kappa shape index (κ3) is 1.17. The van der Waals surface area contributed by atoms with Gasteiger partial charge >= 0.3 is 0 Å². The van der Waals surface area contributed by atoms with Gasteiger partial charge in [-0.2, -0.15) is 0 Å². The Kier molecular flexibility index (Phi) is 1.65. The Labute approximate surface area is 52.8 Å². The molecule has 3 nitrogen and oxygen atoms in total. The fourth-order valence-corrected chi connectivity index (χ4v) is 0.595. The van der Waals surface area contributed by atoms with Gasteiger partial charge in [0.25, 0.3) is 5.69 Å². The minimum Gasteiger partial charge on any atom is -0.385 e. The van der Waals surface area contributed by atoms with Crippen molar-refractivity contribution in [1.29, 1.82) is 0 Å². The highest BCUT2D eigenvalue weighted by molar-refractivity contribution is 4.94. The number of hydrogen-bond acceptors (Lipinski definition) is 2. The molecule has 1 aromatic heterocycles. The molecule has 0 aromatic carbocycles. The Morgan fingerprint density at radius 1 is 1.44 bits per heavy atom. The lowest BCUT2D eigenvalue weighted by atomic mass is 10.4. The molecule has 0 spiro atoms. The van der Waals surface area contributed by atoms with Crippen molar-refractivity contribution < 1.29 is 15.0 Å². The van der Waals surface area contributed by atoms with Gasteiger partial charge in [-0.1, -0.05) is 0 Å². The average Bonchev–Trinajstić information content (AvgIpc) is 1.89. The van der Waals surface area contributed by atoms with E-state index in [2.05, 4.69) is 0 Å². The van der Waals surface area contributed by atoms with Crippen molar-refractivity contribution in [3.05, 3.63) is 30.1 Å². The minimum absolute atomic E-state index is 0.142. The first-order valence-corrected chi connectivity index (χ1v) is 2.64. The number of nitrogens with zero attached hydrogens (tertiary/aromatic N) is 1. The molecule has 1 rings (SSSR count). The highest BCUT2D eigenvalue weighted by Gasteiger charge is 2.03. The van der Waals surface area contributed by atoms with Crippen molar-refractivity contribution in [3.63, 3.8) is 0 Å². The van der Waals surface area contributed by atoms with Gasteiger partial charge in [-0.15, -0.1) is 0 Å². The van der Waals surface area contributed by atoms with Gasteiger partial charge in [0.15, 0.2) is 0 Å². The fraction of sp³-hybridized carbons (Fsp3) is 0.167. The minimum atomic E-state index is -0.142. The summed E-state index contributed by atoms with van der Waals surface area (Å²) in [6, 6.07) is 5.07. The number of aliphatic hydroxyl groups is 1. The van der Waals surface area contributed by atoms with Gasteiger partial charge in [0.2, 0.25) is 6.20 Å². The van der Waals surface area contributed by atoms with Crippen LogP contribution in [0.2, 0.25) is 0 Å². The number of pyridine rings is 1. The summed E-state index contributed by atoms with van der Waals surface area (Å²) in [5.74, 6) is 0. The second-order valence-corrected chi connectivity index (χ2v) is 1.69. The number of aromatic nitrogens is 1. The second-order valence-electron chi connectivity index (χ2n) is 1.69. The van der Waals surface area contributed by atoms with E-state index < -0.39 is 0 Å². The molecule has 0 fully saturated rings. The van der Waals surface area contributed by atoms with Gasteiger partial charge in [0, 0.05) is 16.9 Å². The molecule has 0 saturated heterocycles. The quantitative estimate of drug-likeness (QED) is 0.401. The van der Waals surface area contributed by atoms with E-state index in [0.29, 0.717) is 5.69 Å². The summed E-state index contributed by atoms with van der Waals surface area (Å²) >= 11 is 0. The van der Waals surface area contributed by atoms with E-state index in [0.717, 1.165) is 4.73 Å². The topological polar surface area (TPSA) is 44.3 Å². The van der Waals surface area contributed by atoms with Crippen molar-refractivity contribution in [2.75, 3.05) is 0 Å². The van der Waals surface area contributed by atoms with Gasteiger partial charge in [0.05, 0.1) is 0 Å². The Morgan fingerprint density at radius 2 is 2.22 bits per heavy atom. The number of aliphatic hydroxyl groups excluding tert-OH is 1. The SMILES string of the molecule is OCc1cccc[n+]1O. The molecule has 1 aromatic rings. The van der Waals surface area contributed by atoms with Gasteiger partial charge in [-0.25, -0.2) is 0 Å². The summed E-state index contributed by atoms with van der Waals surface area (Å²) in [6.07, 6.45) is 1.46. The summed E-state index contributed by atoms with van der Waals surface area (Å²) in [6.45, 7) is -0.142. The van der Waals surface area contributed by atoms with Crippen LogP contribution in [0.25, 0.3) is 0 Å². The van der Waals surface area contributed by atoms with Crippen LogP contribution in [-0.2, 0) is 6.61 Å². The highest BCUT2D eigenvalue weighted by Crippen LogP contribution is 1.87. The first-order chi connectivity index (χ1) is 4.34. The molecule has 48 valence electrons. The first kappa shape index (κ1) is 6.04. The normalized spacial score (nSPS) is 9.44. The maximum absolute atomic E-state index is 8.87. The third-order valence-electron chi connectivity index (χ3n) is 1.08. The van der Waals surface area contributed by atoms with Gasteiger partial charge in [-0.3, -0.25) is 5.21 Å². The van der Waals surface area contributed by atoms with Crippen LogP contribution in [-0.4, -0.2) is 10.3 Å². The van der Waals surface area contributed by atoms with E-state index in [-0.39, 0.29) is 6.61 Å². The smallest absolute Gasteiger partial charge is 0.259 e. The van der Waals surface area contributed by atoms with E-state index in [1.165, 1.54) is 6.20 Å². The maximum atomic E-state index is 8.87. The molecule has 2 N–H and O–H groups in total. The van der Waals surface area contributed by atoms with Gasteiger partial charge in [0.1, 0.15) is 6.61 Å². The van der Waals surface area contributed by atoms with E-state index in [1.54, 1.807) is 18.2 Å². The monoisotopic (exact) mass is 126 g/mol. The lowest BCUT2D eigenvalue weighted by Gasteiger charge is -1.87. The van der Waals surface area contributed by atoms with Gasteiger partial charge < -0.3 is 5.11 Å². The van der Waals surface area contributed by atoms with E-state index in [1.807, 2.05) is 0 Å². The average molecular weight is 126 g/mol. The summed E-state index contributed by atoms with van der Waals surface area (Å²) in [5.41, 5.74) is 0.484. The van der Waals surface area contributed by atoms with Crippen LogP contribution in [0, 0.1) is 0 Å². The Bertz CT molecular complexity index is 200. The lowest BCUT2D eigenvalue weighted by molar-refractivity contribution is -0.910. The predicted molar refractivity (Wildman–Crippen MR) is 29.7 cm³/mol. The zero-order chi connectivity index (χ0) is 6.69. The molecule has 9 heavy (non-hydrogen) atoms. The molecular weight excluding hydrogens is 118 g/mol. The molecule has 0 aliphatic heterocycles. The largest absolute Gasteiger partial charge is 0.385 e. The molecule has 0 bridgehead atoms. The number of rotatable bonds is 1. The van der Waals surface area contributed by atoms with Crippen molar-refractivity contribution >= 4 is 0 Å². The molecular formula is C6H8NO2+. The molecule has 0 aliphatic rings. The summed E-state index contributed by atoms with van der Waals surface area (Å²) < 4.78 is 0.889. The van der Waals surface area contributed by atoms with Crippen molar-refractivity contribution in [1.82, 2.24) is 0 Å². The van der Waals surface area contributed by atoms with Crippen molar-refractivity contribution in [3.8, 4) is 0 Å². The molecule has 0 radical (unpaired) electrons. The maximum Gasteiger partial charge on any atom is 0.259 e. The standard InChI is InChI=1S/C6H8NO2/c8-5-6-3-1-2-4-7(6)9/h1-4,8-9H,5H2/q+1. The highest BCUT2D eigenvalue weighted by atomic mass is 16.5. The third-order valence-corrected chi connectivity index (χ3v) is 1.08. The molecule has 1 heterocycles. The van der Waals surface area contributed by atoms with Crippen LogP contribution < -0.4 is 4.73 Å². The predicted octanol–water partition coefficient (Wildman–Crippen LogP) is -0.296. The first-order valence-electron chi connectivity index (χ1n) is 2.64. The zero-order valence-electron chi connectivity index (χ0n) is 4.86. The molecule has 0 aliphatic carbocycles. The second kappa shape index (κ2) is 2.46. The molecule has 0 amide bonds. The summed E-state index contributed by atoms with van der Waals surface area (Å²) in [4.78, 5) is 0. The zero-order valence-corrected chi connectivity index (χ0v) is 4.86. The van der Waals surface area contributed by atoms with Crippen LogP contribution in [0.3, 0.4) is 0 Å².